The summed E-state index contributed by atoms with van der Waals surface area (Å²) in [5.74, 6) is 1.32. The van der Waals surface area contributed by atoms with Crippen molar-refractivity contribution in [3.05, 3.63) is 66.5 Å². The zero-order valence-corrected chi connectivity index (χ0v) is 19.4. The Morgan fingerprint density at radius 1 is 0.750 bits per heavy atom. The molecule has 0 saturated carbocycles. The fraction of sp³-hybridized carbons (Fsp3) is 0.429. The number of aryl methyl sites for hydroxylation is 1. The Kier molecular flexibility index (Phi) is 9.67. The van der Waals surface area contributed by atoms with Gasteiger partial charge in [0.05, 0.1) is 0 Å². The number of unbranched alkanes of at least 4 members (excludes halogenated alkanes) is 5. The number of hydrogen-bond acceptors (Lipinski definition) is 3. The Morgan fingerprint density at radius 3 is 2.03 bits per heavy atom. The summed E-state index contributed by atoms with van der Waals surface area (Å²) in [6.45, 7) is 4.15. The summed E-state index contributed by atoms with van der Waals surface area (Å²) >= 11 is 0. The van der Waals surface area contributed by atoms with Crippen LogP contribution in [0.3, 0.4) is 0 Å². The Labute approximate surface area is 192 Å². The van der Waals surface area contributed by atoms with Crippen LogP contribution in [-0.4, -0.2) is 22.7 Å². The minimum absolute atomic E-state index is 0.0821. The quantitative estimate of drug-likeness (QED) is 0.257. The summed E-state index contributed by atoms with van der Waals surface area (Å²) < 4.78 is 18.8. The Balaban J connectivity index is 1.52. The molecule has 0 aliphatic carbocycles. The third-order valence-corrected chi connectivity index (χ3v) is 5.74. The van der Waals surface area contributed by atoms with E-state index in [1.807, 2.05) is 43.6 Å². The molecule has 0 amide bonds. The van der Waals surface area contributed by atoms with Crippen LogP contribution in [0.1, 0.15) is 64.4 Å². The van der Waals surface area contributed by atoms with E-state index in [1.165, 1.54) is 44.1 Å². The summed E-state index contributed by atoms with van der Waals surface area (Å²) in [6, 6.07) is 16.2. The number of ether oxygens (including phenoxy) is 1. The molecule has 1 heterocycles. The largest absolute Gasteiger partial charge is 0.491 e. The second-order valence-corrected chi connectivity index (χ2v) is 8.35. The van der Waals surface area contributed by atoms with Gasteiger partial charge < -0.3 is 4.74 Å². The molecular weight excluding hydrogens is 399 g/mol. The van der Waals surface area contributed by atoms with Crippen LogP contribution < -0.4 is 4.74 Å². The lowest BCUT2D eigenvalue weighted by Crippen LogP contribution is -2.11. The highest BCUT2D eigenvalue weighted by Crippen LogP contribution is 2.23. The highest BCUT2D eigenvalue weighted by atomic mass is 19.1. The van der Waals surface area contributed by atoms with Crippen molar-refractivity contribution in [2.45, 2.75) is 71.4 Å². The van der Waals surface area contributed by atoms with Gasteiger partial charge >= 0.3 is 0 Å². The molecule has 1 unspecified atom stereocenters. The van der Waals surface area contributed by atoms with Crippen molar-refractivity contribution in [2.75, 3.05) is 6.61 Å². The van der Waals surface area contributed by atoms with E-state index in [2.05, 4.69) is 41.2 Å². The molecule has 1 aromatic heterocycles. The number of halogens is 1. The molecule has 0 aliphatic rings. The van der Waals surface area contributed by atoms with Crippen molar-refractivity contribution in [1.82, 2.24) is 9.97 Å². The number of aromatic nitrogens is 2. The van der Waals surface area contributed by atoms with Gasteiger partial charge in [-0.2, -0.15) is 0 Å². The minimum Gasteiger partial charge on any atom is -0.491 e. The van der Waals surface area contributed by atoms with Gasteiger partial charge in [-0.3, -0.25) is 0 Å². The maximum Gasteiger partial charge on any atom is 0.159 e. The van der Waals surface area contributed by atoms with Crippen molar-refractivity contribution in [3.63, 3.8) is 0 Å². The fourth-order valence-corrected chi connectivity index (χ4v) is 3.60. The van der Waals surface area contributed by atoms with Crippen LogP contribution in [0.25, 0.3) is 22.5 Å². The molecule has 3 aromatic rings. The smallest absolute Gasteiger partial charge is 0.159 e. The number of nitrogens with zero attached hydrogens (tertiary/aromatic N) is 2. The standard InChI is InChI=1S/C28H35FN2O/c1-3-5-6-7-8-9-10-22-11-13-23(14-12-22)25-19-30-28(31-20-25)24-15-17-27(18-16-24)32-21-26(29)4-2/h11-20,26H,3-10,21H2,1-2H3. The summed E-state index contributed by atoms with van der Waals surface area (Å²) in [5, 5.41) is 0. The van der Waals surface area contributed by atoms with Crippen molar-refractivity contribution >= 4 is 0 Å². The van der Waals surface area contributed by atoms with E-state index >= 15 is 0 Å². The normalized spacial score (nSPS) is 12.0. The number of benzene rings is 2. The van der Waals surface area contributed by atoms with E-state index in [4.69, 9.17) is 4.74 Å². The van der Waals surface area contributed by atoms with Crippen molar-refractivity contribution in [1.29, 1.82) is 0 Å². The fourth-order valence-electron chi connectivity index (χ4n) is 3.60. The van der Waals surface area contributed by atoms with Crippen LogP contribution in [0, 0.1) is 0 Å². The van der Waals surface area contributed by atoms with Gasteiger partial charge in [0.1, 0.15) is 18.5 Å². The predicted molar refractivity (Wildman–Crippen MR) is 131 cm³/mol. The lowest BCUT2D eigenvalue weighted by Gasteiger charge is -2.09. The molecule has 3 nitrogen and oxygen atoms in total. The van der Waals surface area contributed by atoms with Crippen LogP contribution in [0.2, 0.25) is 0 Å². The van der Waals surface area contributed by atoms with E-state index in [0.717, 1.165) is 23.1 Å². The summed E-state index contributed by atoms with van der Waals surface area (Å²) in [7, 11) is 0. The highest BCUT2D eigenvalue weighted by Gasteiger charge is 2.07. The zero-order valence-electron chi connectivity index (χ0n) is 19.4. The number of hydrogen-bond donors (Lipinski definition) is 0. The third-order valence-electron chi connectivity index (χ3n) is 5.74. The molecule has 3 rings (SSSR count). The van der Waals surface area contributed by atoms with E-state index < -0.39 is 6.17 Å². The molecule has 0 spiro atoms. The van der Waals surface area contributed by atoms with Gasteiger partial charge in [-0.15, -0.1) is 0 Å². The van der Waals surface area contributed by atoms with Crippen LogP contribution in [0.4, 0.5) is 4.39 Å². The van der Waals surface area contributed by atoms with Crippen LogP contribution in [0.15, 0.2) is 60.9 Å². The molecule has 32 heavy (non-hydrogen) atoms. The predicted octanol–water partition coefficient (Wildman–Crippen LogP) is 7.84. The molecule has 0 aliphatic heterocycles. The molecule has 2 aromatic carbocycles. The van der Waals surface area contributed by atoms with Crippen LogP contribution in [-0.2, 0) is 6.42 Å². The number of alkyl halides is 1. The van der Waals surface area contributed by atoms with Crippen molar-refractivity contribution in [3.8, 4) is 28.3 Å². The second kappa shape index (κ2) is 12.9. The van der Waals surface area contributed by atoms with E-state index in [1.54, 1.807) is 0 Å². The molecule has 0 N–H and O–H groups in total. The molecule has 170 valence electrons. The lowest BCUT2D eigenvalue weighted by atomic mass is 10.0. The third kappa shape index (κ3) is 7.44. The Hall–Kier alpha value is -2.75. The van der Waals surface area contributed by atoms with Gasteiger partial charge in [0, 0.05) is 23.5 Å². The summed E-state index contributed by atoms with van der Waals surface area (Å²) in [6.07, 6.45) is 12.3. The minimum atomic E-state index is -0.935. The van der Waals surface area contributed by atoms with E-state index in [-0.39, 0.29) is 6.61 Å². The Bertz CT molecular complexity index is 908. The van der Waals surface area contributed by atoms with E-state index in [0.29, 0.717) is 18.0 Å². The van der Waals surface area contributed by atoms with Crippen molar-refractivity contribution < 1.29 is 9.13 Å². The van der Waals surface area contributed by atoms with Gasteiger partial charge in [-0.05, 0) is 54.7 Å². The first kappa shape index (κ1) is 23.9. The van der Waals surface area contributed by atoms with Gasteiger partial charge in [0.2, 0.25) is 0 Å². The molecule has 1 atom stereocenters. The maximum absolute atomic E-state index is 13.3. The monoisotopic (exact) mass is 434 g/mol. The Morgan fingerprint density at radius 2 is 1.38 bits per heavy atom. The molecule has 4 heteroatoms. The van der Waals surface area contributed by atoms with Gasteiger partial charge in [0.25, 0.3) is 0 Å². The first-order chi connectivity index (χ1) is 15.7. The maximum atomic E-state index is 13.3. The first-order valence-electron chi connectivity index (χ1n) is 12.0. The van der Waals surface area contributed by atoms with Crippen molar-refractivity contribution in [2.24, 2.45) is 0 Å². The number of rotatable bonds is 13. The molecule has 0 radical (unpaired) electrons. The first-order valence-corrected chi connectivity index (χ1v) is 12.0. The molecular formula is C28H35FN2O. The van der Waals surface area contributed by atoms with E-state index in [9.17, 15) is 4.39 Å². The summed E-state index contributed by atoms with van der Waals surface area (Å²) in [5.41, 5.74) is 4.43. The molecule has 0 fully saturated rings. The van der Waals surface area contributed by atoms with Gasteiger partial charge in [-0.1, -0.05) is 70.2 Å². The molecule has 0 saturated heterocycles. The zero-order chi connectivity index (χ0) is 22.6. The average Bonchev–Trinajstić information content (AvgIpc) is 2.85. The molecule has 0 bridgehead atoms. The van der Waals surface area contributed by atoms with Crippen LogP contribution >= 0.6 is 0 Å². The van der Waals surface area contributed by atoms with Crippen LogP contribution in [0.5, 0.6) is 5.75 Å². The van der Waals surface area contributed by atoms with Gasteiger partial charge in [0.15, 0.2) is 5.82 Å². The second-order valence-electron chi connectivity index (χ2n) is 8.35. The summed E-state index contributed by atoms with van der Waals surface area (Å²) in [4.78, 5) is 9.08. The highest BCUT2D eigenvalue weighted by molar-refractivity contribution is 5.64. The van der Waals surface area contributed by atoms with Gasteiger partial charge in [-0.25, -0.2) is 14.4 Å². The SMILES string of the molecule is CCCCCCCCc1ccc(-c2cnc(-c3ccc(OCC(F)CC)cc3)nc2)cc1. The topological polar surface area (TPSA) is 35.0 Å². The average molecular weight is 435 g/mol. The lowest BCUT2D eigenvalue weighted by molar-refractivity contribution is 0.192.